The van der Waals surface area contributed by atoms with Crippen LogP contribution in [0, 0.1) is 0 Å². The number of thiol groups is 1. The number of nitrogens with zero attached hydrogens (tertiary/aromatic N) is 2. The van der Waals surface area contributed by atoms with Gasteiger partial charge in [-0.25, -0.2) is 9.97 Å². The molecule has 0 radical (unpaired) electrons. The smallest absolute Gasteiger partial charge is 0.274 e. The number of benzene rings is 1. The molecule has 1 aromatic heterocycles. The van der Waals surface area contributed by atoms with Crippen LogP contribution in [0.3, 0.4) is 0 Å². The molecule has 0 saturated heterocycles. The molecule has 17 heavy (non-hydrogen) atoms. The van der Waals surface area contributed by atoms with E-state index in [1.54, 1.807) is 24.3 Å². The largest absolute Gasteiger partial charge is 0.493 e. The van der Waals surface area contributed by atoms with Crippen molar-refractivity contribution in [1.82, 2.24) is 9.97 Å². The van der Waals surface area contributed by atoms with Crippen molar-refractivity contribution in [3.8, 4) is 5.88 Å². The van der Waals surface area contributed by atoms with Gasteiger partial charge in [-0.1, -0.05) is 0 Å². The van der Waals surface area contributed by atoms with Gasteiger partial charge in [0, 0.05) is 16.6 Å². The first kappa shape index (κ1) is 11.4. The number of aromatic nitrogens is 2. The van der Waals surface area contributed by atoms with E-state index in [4.69, 9.17) is 5.11 Å². The van der Waals surface area contributed by atoms with Crippen LogP contribution in [0.4, 0.5) is 5.69 Å². The standard InChI is InChI=1S/C11H9N3O2S/c15-10-5-9(12-6-13-10)11(16)14-7-1-3-8(17)4-2-7/h1-6,17H,(H,14,16)(H,12,13,15). The number of hydrogen-bond acceptors (Lipinski definition) is 5. The van der Waals surface area contributed by atoms with Crippen LogP contribution in [0.25, 0.3) is 0 Å². The average Bonchev–Trinajstić information content (AvgIpc) is 2.32. The van der Waals surface area contributed by atoms with Crippen LogP contribution in [-0.2, 0) is 0 Å². The summed E-state index contributed by atoms with van der Waals surface area (Å²) in [6.45, 7) is 0. The third-order valence-electron chi connectivity index (χ3n) is 2.01. The Morgan fingerprint density at radius 3 is 2.59 bits per heavy atom. The Hall–Kier alpha value is -2.08. The molecule has 6 heteroatoms. The molecule has 5 nitrogen and oxygen atoms in total. The van der Waals surface area contributed by atoms with Crippen LogP contribution >= 0.6 is 12.6 Å². The molecular weight excluding hydrogens is 238 g/mol. The van der Waals surface area contributed by atoms with Crippen molar-refractivity contribution in [3.63, 3.8) is 0 Å². The van der Waals surface area contributed by atoms with Crippen LogP contribution in [0.2, 0.25) is 0 Å². The molecule has 1 amide bonds. The quantitative estimate of drug-likeness (QED) is 0.706. The first-order chi connectivity index (χ1) is 8.15. The zero-order chi connectivity index (χ0) is 12.3. The highest BCUT2D eigenvalue weighted by Crippen LogP contribution is 2.13. The summed E-state index contributed by atoms with van der Waals surface area (Å²) in [5.74, 6) is -0.648. The molecule has 0 aliphatic rings. The monoisotopic (exact) mass is 247 g/mol. The number of carbonyl (C=O) groups excluding carboxylic acids is 1. The molecule has 0 saturated carbocycles. The van der Waals surface area contributed by atoms with Crippen molar-refractivity contribution in [2.45, 2.75) is 4.90 Å². The van der Waals surface area contributed by atoms with Crippen molar-refractivity contribution in [1.29, 1.82) is 0 Å². The fourth-order valence-corrected chi connectivity index (χ4v) is 1.36. The Kier molecular flexibility index (Phi) is 3.24. The number of aromatic hydroxyl groups is 1. The van der Waals surface area contributed by atoms with Crippen LogP contribution in [0.15, 0.2) is 41.6 Å². The first-order valence-electron chi connectivity index (χ1n) is 4.76. The summed E-state index contributed by atoms with van der Waals surface area (Å²) in [6.07, 6.45) is 1.13. The molecule has 0 unspecified atom stereocenters. The second-order valence-electron chi connectivity index (χ2n) is 3.26. The van der Waals surface area contributed by atoms with Crippen molar-refractivity contribution < 1.29 is 9.90 Å². The molecule has 1 heterocycles. The van der Waals surface area contributed by atoms with E-state index in [0.717, 1.165) is 11.2 Å². The molecule has 2 rings (SSSR count). The molecule has 0 aliphatic carbocycles. The summed E-state index contributed by atoms with van der Waals surface area (Å²) in [5, 5.41) is 11.8. The third-order valence-corrected chi connectivity index (χ3v) is 2.31. The van der Waals surface area contributed by atoms with Gasteiger partial charge >= 0.3 is 0 Å². The van der Waals surface area contributed by atoms with Crippen LogP contribution in [0.5, 0.6) is 5.88 Å². The van der Waals surface area contributed by atoms with Crippen molar-refractivity contribution >= 4 is 24.2 Å². The molecule has 1 aromatic carbocycles. The Morgan fingerprint density at radius 2 is 1.94 bits per heavy atom. The Balaban J connectivity index is 2.14. The second kappa shape index (κ2) is 4.84. The third kappa shape index (κ3) is 2.94. The lowest BCUT2D eigenvalue weighted by Gasteiger charge is -2.04. The maximum atomic E-state index is 11.7. The maximum Gasteiger partial charge on any atom is 0.274 e. The first-order valence-corrected chi connectivity index (χ1v) is 5.21. The number of rotatable bonds is 2. The number of anilines is 1. The molecule has 86 valence electrons. The number of nitrogens with one attached hydrogen (secondary N) is 1. The fourth-order valence-electron chi connectivity index (χ4n) is 1.21. The van der Waals surface area contributed by atoms with E-state index in [2.05, 4.69) is 27.9 Å². The van der Waals surface area contributed by atoms with Crippen LogP contribution < -0.4 is 5.32 Å². The number of carbonyl (C=O) groups is 1. The molecule has 0 fully saturated rings. The minimum atomic E-state index is -0.408. The lowest BCUT2D eigenvalue weighted by atomic mass is 10.3. The van der Waals surface area contributed by atoms with E-state index < -0.39 is 5.91 Å². The van der Waals surface area contributed by atoms with Gasteiger partial charge in [-0.2, -0.15) is 0 Å². The predicted octanol–water partition coefficient (Wildman–Crippen LogP) is 1.72. The zero-order valence-electron chi connectivity index (χ0n) is 8.66. The summed E-state index contributed by atoms with van der Waals surface area (Å²) in [5.41, 5.74) is 0.735. The second-order valence-corrected chi connectivity index (χ2v) is 3.78. The highest BCUT2D eigenvalue weighted by Gasteiger charge is 2.08. The maximum absolute atomic E-state index is 11.7. The van der Waals surface area contributed by atoms with E-state index in [1.807, 2.05) is 0 Å². The van der Waals surface area contributed by atoms with Crippen molar-refractivity contribution in [3.05, 3.63) is 42.4 Å². The summed E-state index contributed by atoms with van der Waals surface area (Å²) >= 11 is 4.14. The lowest BCUT2D eigenvalue weighted by molar-refractivity contribution is 0.102. The highest BCUT2D eigenvalue weighted by molar-refractivity contribution is 7.80. The minimum Gasteiger partial charge on any atom is -0.493 e. The van der Waals surface area contributed by atoms with Gasteiger partial charge in [0.25, 0.3) is 5.91 Å². The van der Waals surface area contributed by atoms with E-state index in [9.17, 15) is 4.79 Å². The normalized spacial score (nSPS) is 9.94. The van der Waals surface area contributed by atoms with E-state index in [-0.39, 0.29) is 11.6 Å². The molecule has 2 N–H and O–H groups in total. The van der Waals surface area contributed by atoms with Gasteiger partial charge in [-0.3, -0.25) is 4.79 Å². The SMILES string of the molecule is O=C(Nc1ccc(S)cc1)c1cc(O)ncn1. The van der Waals surface area contributed by atoms with Crippen molar-refractivity contribution in [2.24, 2.45) is 0 Å². The average molecular weight is 247 g/mol. The molecular formula is C11H9N3O2S. The van der Waals surface area contributed by atoms with Gasteiger partial charge in [0.2, 0.25) is 5.88 Å². The number of amides is 1. The fraction of sp³-hybridized carbons (Fsp3) is 0. The van der Waals surface area contributed by atoms with E-state index >= 15 is 0 Å². The Morgan fingerprint density at radius 1 is 1.24 bits per heavy atom. The van der Waals surface area contributed by atoms with Crippen LogP contribution in [-0.4, -0.2) is 21.0 Å². The lowest BCUT2D eigenvalue weighted by Crippen LogP contribution is -2.13. The van der Waals surface area contributed by atoms with Gasteiger partial charge in [-0.15, -0.1) is 12.6 Å². The molecule has 0 spiro atoms. The van der Waals surface area contributed by atoms with Crippen molar-refractivity contribution in [2.75, 3.05) is 5.32 Å². The summed E-state index contributed by atoms with van der Waals surface area (Å²) in [7, 11) is 0. The molecule has 0 aliphatic heterocycles. The van der Waals surface area contributed by atoms with Crippen LogP contribution in [0.1, 0.15) is 10.5 Å². The minimum absolute atomic E-state index is 0.104. The Bertz CT molecular complexity index is 543. The summed E-state index contributed by atoms with van der Waals surface area (Å²) < 4.78 is 0. The topological polar surface area (TPSA) is 75.1 Å². The summed E-state index contributed by atoms with van der Waals surface area (Å²) in [4.78, 5) is 19.8. The molecule has 0 bridgehead atoms. The molecule has 2 aromatic rings. The molecule has 0 atom stereocenters. The van der Waals surface area contributed by atoms with E-state index in [1.165, 1.54) is 6.07 Å². The van der Waals surface area contributed by atoms with Gasteiger partial charge in [-0.05, 0) is 24.3 Å². The van der Waals surface area contributed by atoms with Gasteiger partial charge in [0.1, 0.15) is 12.0 Å². The predicted molar refractivity (Wildman–Crippen MR) is 65.3 cm³/mol. The Labute approximate surface area is 103 Å². The van der Waals surface area contributed by atoms with Gasteiger partial charge < -0.3 is 10.4 Å². The highest BCUT2D eigenvalue weighted by atomic mass is 32.1. The van der Waals surface area contributed by atoms with Gasteiger partial charge in [0.05, 0.1) is 0 Å². The number of hydrogen-bond donors (Lipinski definition) is 3. The summed E-state index contributed by atoms with van der Waals surface area (Å²) in [6, 6.07) is 8.16. The zero-order valence-corrected chi connectivity index (χ0v) is 9.56. The van der Waals surface area contributed by atoms with Gasteiger partial charge in [0.15, 0.2) is 0 Å². The van der Waals surface area contributed by atoms with E-state index in [0.29, 0.717) is 5.69 Å².